The minimum Gasteiger partial charge on any atom is -0.378 e. The molecule has 8 nitrogen and oxygen atoms in total. The van der Waals surface area contributed by atoms with Crippen molar-refractivity contribution in [1.29, 1.82) is 0 Å². The second-order valence-corrected chi connectivity index (χ2v) is 10.1. The molecule has 3 aromatic heterocycles. The summed E-state index contributed by atoms with van der Waals surface area (Å²) in [5.74, 6) is -0.770. The number of carbonyl (C=O) groups is 2. The molecule has 0 spiro atoms. The molecule has 2 amide bonds. The number of H-pyrrole nitrogens is 1. The number of thiophene rings is 1. The summed E-state index contributed by atoms with van der Waals surface area (Å²) in [4.78, 5) is 32.8. The zero-order valence-corrected chi connectivity index (χ0v) is 19.2. The molecule has 3 aliphatic heterocycles. The predicted molar refractivity (Wildman–Crippen MR) is 130 cm³/mol. The maximum Gasteiger partial charge on any atom is 0.261 e. The van der Waals surface area contributed by atoms with Crippen molar-refractivity contribution in [2.45, 2.75) is 24.9 Å². The van der Waals surface area contributed by atoms with E-state index in [1.54, 1.807) is 11.3 Å². The number of para-hydroxylation sites is 1. The number of hydrogen-bond acceptors (Lipinski definition) is 6. The van der Waals surface area contributed by atoms with Crippen LogP contribution in [0.25, 0.3) is 32.3 Å². The third-order valence-electron chi connectivity index (χ3n) is 7.34. The van der Waals surface area contributed by atoms with Crippen molar-refractivity contribution in [1.82, 2.24) is 25.0 Å². The van der Waals surface area contributed by atoms with Crippen LogP contribution >= 0.6 is 11.3 Å². The molecule has 34 heavy (non-hydrogen) atoms. The third kappa shape index (κ3) is 2.94. The highest BCUT2D eigenvalue weighted by Gasteiger charge is 2.38. The molecule has 2 N–H and O–H groups in total. The quantitative estimate of drug-likeness (QED) is 0.446. The summed E-state index contributed by atoms with van der Waals surface area (Å²) in [6, 6.07) is 10.6. The first-order valence-corrected chi connectivity index (χ1v) is 12.5. The number of ether oxygens (including phenoxy) is 1. The summed E-state index contributed by atoms with van der Waals surface area (Å²) in [7, 11) is 0. The number of nitrogens with one attached hydrogen (secondary N) is 2. The fourth-order valence-electron chi connectivity index (χ4n) is 5.72. The Labute approximate surface area is 199 Å². The predicted octanol–water partition coefficient (Wildman–Crippen LogP) is 3.18. The molecule has 3 aliphatic rings. The highest BCUT2D eigenvalue weighted by molar-refractivity contribution is 7.16. The fourth-order valence-corrected chi connectivity index (χ4v) is 6.49. The van der Waals surface area contributed by atoms with E-state index in [1.165, 1.54) is 0 Å². The van der Waals surface area contributed by atoms with Crippen molar-refractivity contribution in [3.63, 3.8) is 0 Å². The van der Waals surface area contributed by atoms with Crippen LogP contribution in [-0.2, 0) is 14.3 Å². The molecule has 0 saturated carbocycles. The number of amides is 2. The van der Waals surface area contributed by atoms with Crippen molar-refractivity contribution in [2.24, 2.45) is 0 Å². The Hall–Kier alpha value is -3.27. The Balaban J connectivity index is 1.39. The lowest BCUT2D eigenvalue weighted by Gasteiger charge is -2.42. The normalized spacial score (nSPS) is 23.8. The zero-order valence-electron chi connectivity index (χ0n) is 18.4. The highest BCUT2D eigenvalue weighted by Crippen LogP contribution is 2.39. The first kappa shape index (κ1) is 20.1. The minimum atomic E-state index is -0.393. The van der Waals surface area contributed by atoms with Crippen LogP contribution in [0.3, 0.4) is 0 Å². The molecule has 9 heteroatoms. The maximum atomic E-state index is 13.1. The van der Waals surface area contributed by atoms with Gasteiger partial charge < -0.3 is 9.72 Å². The van der Waals surface area contributed by atoms with E-state index < -0.39 is 5.91 Å². The summed E-state index contributed by atoms with van der Waals surface area (Å²) in [6.45, 7) is 3.54. The molecule has 4 aromatic rings. The van der Waals surface area contributed by atoms with Crippen LogP contribution in [0.2, 0.25) is 0 Å². The van der Waals surface area contributed by atoms with E-state index in [2.05, 4.69) is 25.9 Å². The Morgan fingerprint density at radius 1 is 1.03 bits per heavy atom. The van der Waals surface area contributed by atoms with Gasteiger partial charge in [-0.2, -0.15) is 5.10 Å². The number of hydrogen-bond donors (Lipinski definition) is 2. The number of aromatic nitrogens is 3. The van der Waals surface area contributed by atoms with Gasteiger partial charge in [0.05, 0.1) is 35.9 Å². The van der Waals surface area contributed by atoms with Crippen LogP contribution in [0.15, 0.2) is 41.9 Å². The lowest BCUT2D eigenvalue weighted by Crippen LogP contribution is -2.50. The number of carbonyl (C=O) groups excluding carboxylic acids is 2. The zero-order chi connectivity index (χ0) is 22.8. The number of rotatable bonds is 3. The average Bonchev–Trinajstić information content (AvgIpc) is 3.61. The van der Waals surface area contributed by atoms with E-state index in [0.717, 1.165) is 65.8 Å². The van der Waals surface area contributed by atoms with Gasteiger partial charge in [-0.15, -0.1) is 11.3 Å². The van der Waals surface area contributed by atoms with Gasteiger partial charge in [0.1, 0.15) is 10.5 Å². The SMILES string of the molecule is O=C1NC(=O)C(c2nn(C3CCN4CCOCC4C3)c3ccccc23)=C1c1c[nH]c2sccc12. The second-order valence-electron chi connectivity index (χ2n) is 9.15. The molecule has 2 unspecified atom stereocenters. The van der Waals surface area contributed by atoms with E-state index in [0.29, 0.717) is 22.9 Å². The molecule has 7 rings (SSSR count). The molecular formula is C25H23N5O3S. The summed E-state index contributed by atoms with van der Waals surface area (Å²) >= 11 is 1.57. The van der Waals surface area contributed by atoms with Crippen molar-refractivity contribution in [3.8, 4) is 0 Å². The first-order valence-electron chi connectivity index (χ1n) is 11.6. The van der Waals surface area contributed by atoms with Gasteiger partial charge in [-0.1, -0.05) is 18.2 Å². The Morgan fingerprint density at radius 2 is 1.91 bits per heavy atom. The number of benzene rings is 1. The van der Waals surface area contributed by atoms with Gasteiger partial charge in [0, 0.05) is 41.7 Å². The van der Waals surface area contributed by atoms with Gasteiger partial charge >= 0.3 is 0 Å². The van der Waals surface area contributed by atoms with Crippen molar-refractivity contribution in [2.75, 3.05) is 26.3 Å². The summed E-state index contributed by atoms with van der Waals surface area (Å²) in [5.41, 5.74) is 3.04. The Morgan fingerprint density at radius 3 is 2.85 bits per heavy atom. The van der Waals surface area contributed by atoms with Gasteiger partial charge in [0.2, 0.25) is 0 Å². The largest absolute Gasteiger partial charge is 0.378 e. The van der Waals surface area contributed by atoms with Crippen LogP contribution in [-0.4, -0.2) is 63.8 Å². The lowest BCUT2D eigenvalue weighted by atomic mass is 9.96. The summed E-state index contributed by atoms with van der Waals surface area (Å²) in [5, 5.41) is 11.3. The van der Waals surface area contributed by atoms with Gasteiger partial charge in [0.15, 0.2) is 0 Å². The number of piperidine rings is 1. The lowest BCUT2D eigenvalue weighted by molar-refractivity contribution is -0.122. The summed E-state index contributed by atoms with van der Waals surface area (Å²) in [6.07, 6.45) is 3.76. The highest BCUT2D eigenvalue weighted by atomic mass is 32.1. The number of imide groups is 1. The van der Waals surface area contributed by atoms with E-state index in [-0.39, 0.29) is 11.9 Å². The number of nitrogens with zero attached hydrogens (tertiary/aromatic N) is 3. The molecule has 0 bridgehead atoms. The van der Waals surface area contributed by atoms with E-state index in [4.69, 9.17) is 9.84 Å². The number of aromatic amines is 1. The monoisotopic (exact) mass is 473 g/mol. The molecule has 2 saturated heterocycles. The standard InChI is InChI=1S/C25H23N5O3S/c31-23-20(18-12-26-25-16(18)6-10-34-25)21(24(32)27-23)22-17-3-1-2-4-19(17)30(28-22)14-5-7-29-8-9-33-13-15(29)11-14/h1-4,6,10,12,14-15,26H,5,7-9,11,13H2,(H,27,31,32). The van der Waals surface area contributed by atoms with Crippen LogP contribution in [0, 0.1) is 0 Å². The second kappa shape index (κ2) is 7.63. The average molecular weight is 474 g/mol. The fraction of sp³-hybridized carbons (Fsp3) is 0.320. The minimum absolute atomic E-state index is 0.210. The van der Waals surface area contributed by atoms with E-state index >= 15 is 0 Å². The van der Waals surface area contributed by atoms with Gasteiger partial charge in [-0.05, 0) is 30.4 Å². The van der Waals surface area contributed by atoms with Crippen molar-refractivity contribution in [3.05, 3.63) is 53.2 Å². The first-order chi connectivity index (χ1) is 16.7. The van der Waals surface area contributed by atoms with Gasteiger partial charge in [0.25, 0.3) is 11.8 Å². The molecule has 172 valence electrons. The third-order valence-corrected chi connectivity index (χ3v) is 8.19. The molecule has 0 aliphatic carbocycles. The van der Waals surface area contributed by atoms with Crippen LogP contribution in [0.4, 0.5) is 0 Å². The van der Waals surface area contributed by atoms with Crippen LogP contribution in [0.1, 0.15) is 30.1 Å². The Kier molecular flexibility index (Phi) is 4.52. The molecule has 2 fully saturated rings. The van der Waals surface area contributed by atoms with Gasteiger partial charge in [-0.25, -0.2) is 0 Å². The van der Waals surface area contributed by atoms with E-state index in [9.17, 15) is 9.59 Å². The van der Waals surface area contributed by atoms with Crippen LogP contribution < -0.4 is 5.32 Å². The topological polar surface area (TPSA) is 92.2 Å². The number of morpholine rings is 1. The number of fused-ring (bicyclic) bond motifs is 3. The maximum absolute atomic E-state index is 13.1. The van der Waals surface area contributed by atoms with Gasteiger partial charge in [-0.3, -0.25) is 24.5 Å². The molecule has 6 heterocycles. The summed E-state index contributed by atoms with van der Waals surface area (Å²) < 4.78 is 7.81. The molecular weight excluding hydrogens is 450 g/mol. The van der Waals surface area contributed by atoms with Crippen LogP contribution in [0.5, 0.6) is 0 Å². The van der Waals surface area contributed by atoms with Crippen molar-refractivity contribution < 1.29 is 14.3 Å². The molecule has 1 aromatic carbocycles. The van der Waals surface area contributed by atoms with E-state index in [1.807, 2.05) is 35.8 Å². The Bertz CT molecular complexity index is 1490. The smallest absolute Gasteiger partial charge is 0.261 e. The van der Waals surface area contributed by atoms with Crippen molar-refractivity contribution >= 4 is 55.4 Å². The molecule has 0 radical (unpaired) electrons. The molecule has 2 atom stereocenters.